The molecule has 0 aromatic rings. The van der Waals surface area contributed by atoms with E-state index in [4.69, 9.17) is 14.6 Å². The van der Waals surface area contributed by atoms with Crippen LogP contribution in [0.4, 0.5) is 4.79 Å². The van der Waals surface area contributed by atoms with Crippen molar-refractivity contribution >= 4 is 12.1 Å². The van der Waals surface area contributed by atoms with Crippen molar-refractivity contribution in [3.63, 3.8) is 0 Å². The van der Waals surface area contributed by atoms with E-state index in [0.717, 1.165) is 0 Å². The Morgan fingerprint density at radius 1 is 1.31 bits per heavy atom. The molecule has 0 saturated carbocycles. The first-order valence-corrected chi connectivity index (χ1v) is 5.07. The van der Waals surface area contributed by atoms with Gasteiger partial charge in [0.25, 0.3) is 0 Å². The number of nitrogens with one attached hydrogen (secondary N) is 1. The van der Waals surface area contributed by atoms with Crippen LogP contribution in [0.2, 0.25) is 0 Å². The smallest absolute Gasteiger partial charge is 0.407 e. The van der Waals surface area contributed by atoms with E-state index in [0.29, 0.717) is 19.6 Å². The van der Waals surface area contributed by atoms with Gasteiger partial charge in [0, 0.05) is 13.2 Å². The van der Waals surface area contributed by atoms with Gasteiger partial charge in [-0.25, -0.2) is 9.59 Å². The summed E-state index contributed by atoms with van der Waals surface area (Å²) in [6, 6.07) is 0. The van der Waals surface area contributed by atoms with Gasteiger partial charge in [0.15, 0.2) is 0 Å². The maximum Gasteiger partial charge on any atom is 0.407 e. The highest BCUT2D eigenvalue weighted by molar-refractivity contribution is 5.68. The van der Waals surface area contributed by atoms with E-state index in [2.05, 4.69) is 5.32 Å². The Morgan fingerprint density at radius 3 is 2.44 bits per heavy atom. The molecule has 0 aromatic carbocycles. The van der Waals surface area contributed by atoms with Gasteiger partial charge in [0.05, 0.1) is 0 Å². The number of rotatable bonds is 6. The zero-order valence-electron chi connectivity index (χ0n) is 9.91. The van der Waals surface area contributed by atoms with Crippen molar-refractivity contribution in [3.8, 4) is 0 Å². The van der Waals surface area contributed by atoms with Crippen LogP contribution in [0.1, 0.15) is 27.2 Å². The summed E-state index contributed by atoms with van der Waals surface area (Å²) < 4.78 is 9.78. The number of carboxylic acid groups (broad SMARTS) is 1. The molecule has 94 valence electrons. The van der Waals surface area contributed by atoms with Gasteiger partial charge in [0.2, 0.25) is 0 Å². The molecule has 0 bridgehead atoms. The van der Waals surface area contributed by atoms with Gasteiger partial charge in [-0.05, 0) is 27.2 Å². The Kier molecular flexibility index (Phi) is 6.48. The molecule has 0 aliphatic heterocycles. The number of carbonyl (C=O) groups excluding carboxylic acids is 1. The van der Waals surface area contributed by atoms with E-state index in [1.54, 1.807) is 20.8 Å². The van der Waals surface area contributed by atoms with E-state index >= 15 is 0 Å². The predicted molar refractivity (Wildman–Crippen MR) is 57.3 cm³/mol. The summed E-state index contributed by atoms with van der Waals surface area (Å²) in [6.07, 6.45) is 0.0673. The van der Waals surface area contributed by atoms with Crippen LogP contribution in [0.25, 0.3) is 0 Å². The van der Waals surface area contributed by atoms with Crippen LogP contribution in [0.15, 0.2) is 0 Å². The third-order valence-corrected chi connectivity index (χ3v) is 1.36. The molecule has 0 aliphatic carbocycles. The zero-order chi connectivity index (χ0) is 12.6. The molecule has 6 nitrogen and oxygen atoms in total. The van der Waals surface area contributed by atoms with Crippen LogP contribution in [-0.2, 0) is 14.3 Å². The van der Waals surface area contributed by atoms with Crippen molar-refractivity contribution in [2.24, 2.45) is 0 Å². The molecule has 0 unspecified atom stereocenters. The molecule has 0 aromatic heterocycles. The minimum Gasteiger partial charge on any atom is -0.480 e. The van der Waals surface area contributed by atoms with Crippen LogP contribution in [0.5, 0.6) is 0 Å². The first-order chi connectivity index (χ1) is 7.31. The van der Waals surface area contributed by atoms with E-state index in [-0.39, 0.29) is 6.61 Å². The molecule has 0 saturated heterocycles. The molecule has 0 fully saturated rings. The molecular formula is C10H19NO5. The lowest BCUT2D eigenvalue weighted by atomic mass is 10.2. The van der Waals surface area contributed by atoms with E-state index in [1.807, 2.05) is 0 Å². The van der Waals surface area contributed by atoms with Gasteiger partial charge < -0.3 is 19.9 Å². The molecular weight excluding hydrogens is 214 g/mol. The van der Waals surface area contributed by atoms with E-state index in [9.17, 15) is 9.59 Å². The van der Waals surface area contributed by atoms with Gasteiger partial charge in [-0.2, -0.15) is 0 Å². The topological polar surface area (TPSA) is 84.9 Å². The van der Waals surface area contributed by atoms with Crippen LogP contribution in [0.3, 0.4) is 0 Å². The summed E-state index contributed by atoms with van der Waals surface area (Å²) >= 11 is 0. The standard InChI is InChI=1S/C10H19NO5/c1-10(2,3)16-9(14)11-5-4-6-15-7-8(12)13/h4-7H2,1-3H3,(H,11,14)(H,12,13). The zero-order valence-corrected chi connectivity index (χ0v) is 9.91. The van der Waals surface area contributed by atoms with Crippen molar-refractivity contribution in [3.05, 3.63) is 0 Å². The predicted octanol–water partition coefficient (Wildman–Crippen LogP) is 1.00. The highest BCUT2D eigenvalue weighted by Gasteiger charge is 2.15. The summed E-state index contributed by atoms with van der Waals surface area (Å²) in [5.74, 6) is -1.000. The monoisotopic (exact) mass is 233 g/mol. The van der Waals surface area contributed by atoms with Crippen LogP contribution in [-0.4, -0.2) is 42.5 Å². The van der Waals surface area contributed by atoms with E-state index < -0.39 is 17.7 Å². The van der Waals surface area contributed by atoms with Crippen LogP contribution in [0, 0.1) is 0 Å². The quantitative estimate of drug-likeness (QED) is 0.668. The lowest BCUT2D eigenvalue weighted by molar-refractivity contribution is -0.142. The second kappa shape index (κ2) is 7.05. The number of carboxylic acids is 1. The molecule has 0 aliphatic rings. The van der Waals surface area contributed by atoms with Crippen molar-refractivity contribution in [1.29, 1.82) is 0 Å². The highest BCUT2D eigenvalue weighted by Crippen LogP contribution is 2.06. The van der Waals surface area contributed by atoms with Gasteiger partial charge in [-0.1, -0.05) is 0 Å². The van der Waals surface area contributed by atoms with Crippen LogP contribution >= 0.6 is 0 Å². The largest absolute Gasteiger partial charge is 0.480 e. The Morgan fingerprint density at radius 2 is 1.94 bits per heavy atom. The van der Waals surface area contributed by atoms with Gasteiger partial charge in [-0.3, -0.25) is 0 Å². The summed E-state index contributed by atoms with van der Waals surface area (Å²) in [7, 11) is 0. The molecule has 2 N–H and O–H groups in total. The maximum absolute atomic E-state index is 11.1. The van der Waals surface area contributed by atoms with E-state index in [1.165, 1.54) is 0 Å². The average molecular weight is 233 g/mol. The minimum absolute atomic E-state index is 0.294. The van der Waals surface area contributed by atoms with Gasteiger partial charge in [-0.15, -0.1) is 0 Å². The molecule has 0 radical (unpaired) electrons. The van der Waals surface area contributed by atoms with Crippen molar-refractivity contribution in [2.45, 2.75) is 32.8 Å². The van der Waals surface area contributed by atoms with Crippen molar-refractivity contribution < 1.29 is 24.2 Å². The second-order valence-electron chi connectivity index (χ2n) is 4.23. The highest BCUT2D eigenvalue weighted by atomic mass is 16.6. The summed E-state index contributed by atoms with van der Waals surface area (Å²) in [5, 5.41) is 10.8. The summed E-state index contributed by atoms with van der Waals surface area (Å²) in [5.41, 5.74) is -0.510. The van der Waals surface area contributed by atoms with Crippen molar-refractivity contribution in [2.75, 3.05) is 19.8 Å². The Balaban J connectivity index is 3.38. The molecule has 0 rings (SSSR count). The molecule has 6 heteroatoms. The molecule has 1 amide bonds. The Bertz CT molecular complexity index is 234. The number of ether oxygens (including phenoxy) is 2. The Labute approximate surface area is 94.9 Å². The SMILES string of the molecule is CC(C)(C)OC(=O)NCCCOCC(=O)O. The van der Waals surface area contributed by atoms with Crippen molar-refractivity contribution in [1.82, 2.24) is 5.32 Å². The maximum atomic E-state index is 11.1. The normalized spacial score (nSPS) is 10.9. The minimum atomic E-state index is -1.000. The number of hydrogen-bond donors (Lipinski definition) is 2. The average Bonchev–Trinajstić information content (AvgIpc) is 2.07. The summed E-state index contributed by atoms with van der Waals surface area (Å²) in [6.45, 7) is 5.72. The fourth-order valence-corrected chi connectivity index (χ4v) is 0.838. The first kappa shape index (κ1) is 14.7. The van der Waals surface area contributed by atoms with Crippen LogP contribution < -0.4 is 5.32 Å². The molecule has 16 heavy (non-hydrogen) atoms. The third-order valence-electron chi connectivity index (χ3n) is 1.36. The molecule has 0 atom stereocenters. The lowest BCUT2D eigenvalue weighted by Gasteiger charge is -2.19. The second-order valence-corrected chi connectivity index (χ2v) is 4.23. The molecule has 0 spiro atoms. The molecule has 0 heterocycles. The first-order valence-electron chi connectivity index (χ1n) is 5.07. The third kappa shape index (κ3) is 10.8. The van der Waals surface area contributed by atoms with Gasteiger partial charge >= 0.3 is 12.1 Å². The number of hydrogen-bond acceptors (Lipinski definition) is 4. The fourth-order valence-electron chi connectivity index (χ4n) is 0.838. The number of aliphatic carboxylic acids is 1. The number of carbonyl (C=O) groups is 2. The lowest BCUT2D eigenvalue weighted by Crippen LogP contribution is -2.33. The number of amides is 1. The van der Waals surface area contributed by atoms with Gasteiger partial charge in [0.1, 0.15) is 12.2 Å². The fraction of sp³-hybridized carbons (Fsp3) is 0.800. The Hall–Kier alpha value is -1.30. The summed E-state index contributed by atoms with van der Waals surface area (Å²) in [4.78, 5) is 21.2. The number of alkyl carbamates (subject to hydrolysis) is 1.